The van der Waals surface area contributed by atoms with Gasteiger partial charge in [-0.05, 0) is 51.7 Å². The minimum atomic E-state index is 0.0803. The van der Waals surface area contributed by atoms with E-state index in [9.17, 15) is 4.79 Å². The van der Waals surface area contributed by atoms with Crippen molar-refractivity contribution in [3.8, 4) is 5.75 Å². The van der Waals surface area contributed by atoms with Crippen molar-refractivity contribution in [1.82, 2.24) is 0 Å². The Morgan fingerprint density at radius 2 is 2.00 bits per heavy atom. The fraction of sp³-hybridized carbons (Fsp3) is 0.500. The lowest BCUT2D eigenvalue weighted by atomic mass is 10.1. The summed E-state index contributed by atoms with van der Waals surface area (Å²) in [7, 11) is 0. The molecule has 1 aliphatic carbocycles. The number of aryl methyl sites for hydroxylation is 1. The molecule has 0 aliphatic heterocycles. The summed E-state index contributed by atoms with van der Waals surface area (Å²) in [6.07, 6.45) is 5.02. The first kappa shape index (κ1) is 11.2. The number of benzene rings is 1. The molecule has 0 aromatic heterocycles. The number of hydrogen-bond acceptors (Lipinski definition) is 2. The zero-order valence-electron chi connectivity index (χ0n) is 9.95. The Balaban J connectivity index is 2.21. The van der Waals surface area contributed by atoms with E-state index in [-0.39, 0.29) is 5.78 Å². The Morgan fingerprint density at radius 3 is 2.62 bits per heavy atom. The second-order valence-electron chi connectivity index (χ2n) is 4.58. The van der Waals surface area contributed by atoms with Gasteiger partial charge in [-0.3, -0.25) is 4.79 Å². The SMILES string of the molecule is CC(=O)c1cc(C)ccc1OC1CCCC1. The van der Waals surface area contributed by atoms with E-state index in [4.69, 9.17) is 4.74 Å². The monoisotopic (exact) mass is 218 g/mol. The van der Waals surface area contributed by atoms with Gasteiger partial charge in [-0.25, -0.2) is 0 Å². The lowest BCUT2D eigenvalue weighted by Gasteiger charge is -2.15. The largest absolute Gasteiger partial charge is 0.490 e. The summed E-state index contributed by atoms with van der Waals surface area (Å²) in [6.45, 7) is 3.59. The van der Waals surface area contributed by atoms with Crippen LogP contribution in [-0.4, -0.2) is 11.9 Å². The van der Waals surface area contributed by atoms with Crippen LogP contribution in [0.2, 0.25) is 0 Å². The Kier molecular flexibility index (Phi) is 3.28. The molecule has 0 N–H and O–H groups in total. The van der Waals surface area contributed by atoms with Crippen molar-refractivity contribution < 1.29 is 9.53 Å². The molecule has 86 valence electrons. The number of hydrogen-bond donors (Lipinski definition) is 0. The molecule has 0 bridgehead atoms. The Labute approximate surface area is 96.6 Å². The van der Waals surface area contributed by atoms with Crippen LogP contribution in [0.15, 0.2) is 18.2 Å². The van der Waals surface area contributed by atoms with Crippen LogP contribution < -0.4 is 4.74 Å². The third-order valence-corrected chi connectivity index (χ3v) is 3.11. The quantitative estimate of drug-likeness (QED) is 0.725. The predicted octanol–water partition coefficient (Wildman–Crippen LogP) is 3.52. The van der Waals surface area contributed by atoms with Gasteiger partial charge < -0.3 is 4.74 Å². The van der Waals surface area contributed by atoms with Crippen molar-refractivity contribution >= 4 is 5.78 Å². The Morgan fingerprint density at radius 1 is 1.31 bits per heavy atom. The average molecular weight is 218 g/mol. The van der Waals surface area contributed by atoms with E-state index in [0.717, 1.165) is 24.2 Å². The van der Waals surface area contributed by atoms with Crippen LogP contribution in [0.25, 0.3) is 0 Å². The Bertz CT molecular complexity index is 390. The van der Waals surface area contributed by atoms with Crippen molar-refractivity contribution in [2.24, 2.45) is 0 Å². The van der Waals surface area contributed by atoms with Gasteiger partial charge in [0, 0.05) is 0 Å². The average Bonchev–Trinajstić information content (AvgIpc) is 2.73. The third-order valence-electron chi connectivity index (χ3n) is 3.11. The van der Waals surface area contributed by atoms with Gasteiger partial charge >= 0.3 is 0 Å². The van der Waals surface area contributed by atoms with E-state index in [1.54, 1.807) is 6.92 Å². The second kappa shape index (κ2) is 4.69. The van der Waals surface area contributed by atoms with Crippen LogP contribution in [0.1, 0.15) is 48.5 Å². The molecular formula is C14H18O2. The van der Waals surface area contributed by atoms with E-state index >= 15 is 0 Å². The molecule has 0 heterocycles. The van der Waals surface area contributed by atoms with Crippen molar-refractivity contribution in [1.29, 1.82) is 0 Å². The molecule has 0 spiro atoms. The molecule has 0 unspecified atom stereocenters. The van der Waals surface area contributed by atoms with Gasteiger partial charge in [-0.1, -0.05) is 11.6 Å². The van der Waals surface area contributed by atoms with Crippen LogP contribution in [0, 0.1) is 6.92 Å². The van der Waals surface area contributed by atoms with Crippen LogP contribution >= 0.6 is 0 Å². The van der Waals surface area contributed by atoms with Crippen LogP contribution in [0.4, 0.5) is 0 Å². The van der Waals surface area contributed by atoms with Gasteiger partial charge in [0.15, 0.2) is 5.78 Å². The molecular weight excluding hydrogens is 200 g/mol. The summed E-state index contributed by atoms with van der Waals surface area (Å²) in [4.78, 5) is 11.5. The van der Waals surface area contributed by atoms with Crippen LogP contribution in [-0.2, 0) is 0 Å². The Hall–Kier alpha value is -1.31. The molecule has 0 amide bonds. The van der Waals surface area contributed by atoms with Crippen molar-refractivity contribution in [3.63, 3.8) is 0 Å². The maximum atomic E-state index is 11.5. The van der Waals surface area contributed by atoms with E-state index in [1.807, 2.05) is 25.1 Å². The fourth-order valence-corrected chi connectivity index (χ4v) is 2.21. The summed E-state index contributed by atoms with van der Waals surface area (Å²) in [5.41, 5.74) is 1.82. The smallest absolute Gasteiger partial charge is 0.163 e. The summed E-state index contributed by atoms with van der Waals surface area (Å²) < 4.78 is 5.90. The first-order chi connectivity index (χ1) is 7.66. The highest BCUT2D eigenvalue weighted by Crippen LogP contribution is 2.27. The van der Waals surface area contributed by atoms with E-state index in [2.05, 4.69) is 0 Å². The number of Topliss-reactive ketones (excluding diaryl/α,β-unsaturated/α-hetero) is 1. The van der Waals surface area contributed by atoms with E-state index < -0.39 is 0 Å². The summed E-state index contributed by atoms with van der Waals surface area (Å²) in [5.74, 6) is 0.835. The number of carbonyl (C=O) groups excluding carboxylic acids is 1. The summed E-state index contributed by atoms with van der Waals surface area (Å²) in [5, 5.41) is 0. The van der Waals surface area contributed by atoms with Gasteiger partial charge in [0.25, 0.3) is 0 Å². The molecule has 0 atom stereocenters. The molecule has 1 aromatic rings. The maximum absolute atomic E-state index is 11.5. The van der Waals surface area contributed by atoms with Crippen molar-refractivity contribution in [2.75, 3.05) is 0 Å². The molecule has 1 aliphatic rings. The second-order valence-corrected chi connectivity index (χ2v) is 4.58. The van der Waals surface area contributed by atoms with Crippen molar-refractivity contribution in [2.45, 2.75) is 45.6 Å². The highest BCUT2D eigenvalue weighted by atomic mass is 16.5. The highest BCUT2D eigenvalue weighted by molar-refractivity contribution is 5.97. The first-order valence-corrected chi connectivity index (χ1v) is 5.95. The molecule has 1 saturated carbocycles. The number of ketones is 1. The van der Waals surface area contributed by atoms with Gasteiger partial charge in [-0.15, -0.1) is 0 Å². The van der Waals surface area contributed by atoms with Gasteiger partial charge in [0.2, 0.25) is 0 Å². The first-order valence-electron chi connectivity index (χ1n) is 5.95. The molecule has 2 rings (SSSR count). The molecule has 2 heteroatoms. The number of ether oxygens (including phenoxy) is 1. The van der Waals surface area contributed by atoms with E-state index in [1.165, 1.54) is 12.8 Å². The number of carbonyl (C=O) groups is 1. The third kappa shape index (κ3) is 2.43. The number of rotatable bonds is 3. The van der Waals surface area contributed by atoms with Gasteiger partial charge in [0.1, 0.15) is 5.75 Å². The highest BCUT2D eigenvalue weighted by Gasteiger charge is 2.18. The minimum absolute atomic E-state index is 0.0803. The molecule has 0 radical (unpaired) electrons. The molecule has 2 nitrogen and oxygen atoms in total. The minimum Gasteiger partial charge on any atom is -0.490 e. The zero-order valence-corrected chi connectivity index (χ0v) is 9.95. The van der Waals surface area contributed by atoms with E-state index in [0.29, 0.717) is 11.7 Å². The van der Waals surface area contributed by atoms with Gasteiger partial charge in [-0.2, -0.15) is 0 Å². The van der Waals surface area contributed by atoms with Crippen LogP contribution in [0.5, 0.6) is 5.75 Å². The molecule has 0 saturated heterocycles. The summed E-state index contributed by atoms with van der Waals surface area (Å²) in [6, 6.07) is 5.83. The maximum Gasteiger partial charge on any atom is 0.163 e. The zero-order chi connectivity index (χ0) is 11.5. The molecule has 16 heavy (non-hydrogen) atoms. The lowest BCUT2D eigenvalue weighted by molar-refractivity contribution is 0.101. The fourth-order valence-electron chi connectivity index (χ4n) is 2.21. The van der Waals surface area contributed by atoms with Gasteiger partial charge in [0.05, 0.1) is 11.7 Å². The normalized spacial score (nSPS) is 16.4. The van der Waals surface area contributed by atoms with Crippen molar-refractivity contribution in [3.05, 3.63) is 29.3 Å². The molecule has 1 fully saturated rings. The topological polar surface area (TPSA) is 26.3 Å². The lowest BCUT2D eigenvalue weighted by Crippen LogP contribution is -2.13. The van der Waals surface area contributed by atoms with Crippen LogP contribution in [0.3, 0.4) is 0 Å². The predicted molar refractivity (Wildman–Crippen MR) is 64.1 cm³/mol. The molecule has 1 aromatic carbocycles. The standard InChI is InChI=1S/C14H18O2/c1-10-7-8-14(13(9-10)11(2)15)16-12-5-3-4-6-12/h7-9,12H,3-6H2,1-2H3. The summed E-state index contributed by atoms with van der Waals surface area (Å²) >= 11 is 0.